The van der Waals surface area contributed by atoms with Crippen molar-refractivity contribution in [1.82, 2.24) is 10.2 Å². The van der Waals surface area contributed by atoms with Gasteiger partial charge in [0.05, 0.1) is 6.54 Å². The lowest BCUT2D eigenvalue weighted by Crippen LogP contribution is -2.62. The van der Waals surface area contributed by atoms with Gasteiger partial charge in [0.2, 0.25) is 5.91 Å². The Labute approximate surface area is 108 Å². The Kier molecular flexibility index (Phi) is 2.95. The van der Waals surface area contributed by atoms with Crippen molar-refractivity contribution in [2.24, 2.45) is 0 Å². The molecule has 5 heteroatoms. The van der Waals surface area contributed by atoms with Crippen LogP contribution >= 0.6 is 15.9 Å². The maximum atomic E-state index is 12.2. The number of amides is 2. The molecule has 2 rings (SSSR count). The summed E-state index contributed by atoms with van der Waals surface area (Å²) in [5.74, 6) is -0.246. The summed E-state index contributed by atoms with van der Waals surface area (Å²) < 4.78 is 0.881. The number of hydrogen-bond acceptors (Lipinski definition) is 2. The number of piperazine rings is 1. The summed E-state index contributed by atoms with van der Waals surface area (Å²) in [5, 5.41) is 2.77. The van der Waals surface area contributed by atoms with Gasteiger partial charge in [0.15, 0.2) is 0 Å². The van der Waals surface area contributed by atoms with Crippen molar-refractivity contribution in [2.45, 2.75) is 12.5 Å². The van der Waals surface area contributed by atoms with Crippen molar-refractivity contribution >= 4 is 27.7 Å². The van der Waals surface area contributed by atoms with E-state index in [1.54, 1.807) is 14.0 Å². The number of nitrogens with zero attached hydrogens (tertiary/aromatic N) is 1. The molecule has 2 amide bonds. The van der Waals surface area contributed by atoms with Gasteiger partial charge in [-0.3, -0.25) is 9.59 Å². The minimum atomic E-state index is -0.978. The smallest absolute Gasteiger partial charge is 0.252 e. The van der Waals surface area contributed by atoms with Crippen molar-refractivity contribution < 1.29 is 9.59 Å². The molecule has 1 aromatic rings. The maximum absolute atomic E-state index is 12.2. The molecule has 1 atom stereocenters. The number of rotatable bonds is 1. The third-order valence-corrected chi connectivity index (χ3v) is 3.44. The van der Waals surface area contributed by atoms with Crippen LogP contribution in [0.2, 0.25) is 0 Å². The molecule has 90 valence electrons. The first-order valence-corrected chi connectivity index (χ1v) is 6.05. The third kappa shape index (κ3) is 2.07. The number of nitrogens with one attached hydrogen (secondary N) is 1. The zero-order chi connectivity index (χ0) is 12.6. The van der Waals surface area contributed by atoms with Crippen molar-refractivity contribution in [2.75, 3.05) is 13.6 Å². The van der Waals surface area contributed by atoms with Crippen LogP contribution in [0, 0.1) is 0 Å². The van der Waals surface area contributed by atoms with Crippen LogP contribution in [0.15, 0.2) is 28.7 Å². The largest absolute Gasteiger partial charge is 0.337 e. The molecule has 1 N–H and O–H groups in total. The molecule has 0 radical (unpaired) electrons. The van der Waals surface area contributed by atoms with E-state index in [1.165, 1.54) is 4.90 Å². The van der Waals surface area contributed by atoms with Crippen molar-refractivity contribution in [3.63, 3.8) is 0 Å². The second-order valence-corrected chi connectivity index (χ2v) is 5.26. The fraction of sp³-hybridized carbons (Fsp3) is 0.333. The molecule has 1 saturated heterocycles. The Morgan fingerprint density at radius 2 is 2.12 bits per heavy atom. The van der Waals surface area contributed by atoms with Crippen LogP contribution in [0.3, 0.4) is 0 Å². The molecule has 1 heterocycles. The fourth-order valence-electron chi connectivity index (χ4n) is 2.04. The van der Waals surface area contributed by atoms with E-state index in [1.807, 2.05) is 24.3 Å². The van der Waals surface area contributed by atoms with Gasteiger partial charge in [-0.2, -0.15) is 0 Å². The summed E-state index contributed by atoms with van der Waals surface area (Å²) in [5.41, 5.74) is -0.204. The Balaban J connectivity index is 2.46. The predicted octanol–water partition coefficient (Wildman–Crippen LogP) is 1.25. The quantitative estimate of drug-likeness (QED) is 0.848. The van der Waals surface area contributed by atoms with Gasteiger partial charge in [-0.15, -0.1) is 0 Å². The van der Waals surface area contributed by atoms with Gasteiger partial charge in [-0.05, 0) is 24.6 Å². The van der Waals surface area contributed by atoms with Crippen molar-refractivity contribution in [1.29, 1.82) is 0 Å². The highest BCUT2D eigenvalue weighted by molar-refractivity contribution is 9.10. The normalized spacial score (nSPS) is 24.8. The van der Waals surface area contributed by atoms with E-state index in [9.17, 15) is 9.59 Å². The minimum Gasteiger partial charge on any atom is -0.337 e. The maximum Gasteiger partial charge on any atom is 0.252 e. The lowest BCUT2D eigenvalue weighted by molar-refractivity contribution is -0.148. The van der Waals surface area contributed by atoms with E-state index in [0.717, 1.165) is 10.0 Å². The first-order valence-electron chi connectivity index (χ1n) is 5.26. The number of benzene rings is 1. The van der Waals surface area contributed by atoms with Crippen molar-refractivity contribution in [3.05, 3.63) is 34.3 Å². The molecule has 1 aliphatic heterocycles. The molecule has 1 fully saturated rings. The zero-order valence-corrected chi connectivity index (χ0v) is 11.2. The summed E-state index contributed by atoms with van der Waals surface area (Å²) in [4.78, 5) is 25.2. The third-order valence-electron chi connectivity index (χ3n) is 2.95. The first-order chi connectivity index (χ1) is 7.93. The van der Waals surface area contributed by atoms with E-state index in [4.69, 9.17) is 0 Å². The molecule has 1 unspecified atom stereocenters. The highest BCUT2D eigenvalue weighted by Gasteiger charge is 2.42. The average Bonchev–Trinajstić information content (AvgIpc) is 2.26. The summed E-state index contributed by atoms with van der Waals surface area (Å²) in [7, 11) is 1.64. The molecule has 17 heavy (non-hydrogen) atoms. The fourth-order valence-corrected chi connectivity index (χ4v) is 2.44. The molecule has 4 nitrogen and oxygen atoms in total. The highest BCUT2D eigenvalue weighted by Crippen LogP contribution is 2.27. The van der Waals surface area contributed by atoms with Crippen LogP contribution in [0.25, 0.3) is 0 Å². The van der Waals surface area contributed by atoms with Crippen LogP contribution in [-0.4, -0.2) is 30.3 Å². The Hall–Kier alpha value is -1.36. The van der Waals surface area contributed by atoms with E-state index >= 15 is 0 Å². The summed E-state index contributed by atoms with van der Waals surface area (Å²) in [6.07, 6.45) is 0. The lowest BCUT2D eigenvalue weighted by Gasteiger charge is -2.38. The van der Waals surface area contributed by atoms with Crippen molar-refractivity contribution in [3.8, 4) is 0 Å². The molecule has 1 aromatic carbocycles. The molecule has 0 aromatic heterocycles. The molecular formula is C12H13BrN2O2. The second kappa shape index (κ2) is 4.14. The highest BCUT2D eigenvalue weighted by atomic mass is 79.9. The van der Waals surface area contributed by atoms with Gasteiger partial charge in [0.25, 0.3) is 5.91 Å². The van der Waals surface area contributed by atoms with Crippen LogP contribution in [0.4, 0.5) is 0 Å². The van der Waals surface area contributed by atoms with Gasteiger partial charge in [-0.1, -0.05) is 28.1 Å². The standard InChI is InChI=1S/C12H13BrN2O2/c1-12(8-4-3-5-9(13)6-8)11(17)15(2)7-10(16)14-12/h3-6H,7H2,1-2H3,(H,14,16). The SMILES string of the molecule is CN1CC(=O)NC(C)(c2cccc(Br)c2)C1=O. The predicted molar refractivity (Wildman–Crippen MR) is 67.3 cm³/mol. The molecular weight excluding hydrogens is 284 g/mol. The Bertz CT molecular complexity index is 489. The monoisotopic (exact) mass is 296 g/mol. The topological polar surface area (TPSA) is 49.4 Å². The van der Waals surface area contributed by atoms with Gasteiger partial charge in [-0.25, -0.2) is 0 Å². The number of carbonyl (C=O) groups is 2. The summed E-state index contributed by atoms with van der Waals surface area (Å²) in [6, 6.07) is 7.41. The van der Waals surface area contributed by atoms with E-state index < -0.39 is 5.54 Å². The van der Waals surface area contributed by atoms with Crippen LogP contribution in [0.5, 0.6) is 0 Å². The second-order valence-electron chi connectivity index (χ2n) is 4.34. The first kappa shape index (κ1) is 12.1. The average molecular weight is 297 g/mol. The summed E-state index contributed by atoms with van der Waals surface area (Å²) in [6.45, 7) is 1.84. The molecule has 0 saturated carbocycles. The zero-order valence-electron chi connectivity index (χ0n) is 9.66. The van der Waals surface area contributed by atoms with Gasteiger partial charge < -0.3 is 10.2 Å². The minimum absolute atomic E-state index is 0.102. The van der Waals surface area contributed by atoms with Crippen LogP contribution in [0.1, 0.15) is 12.5 Å². The Morgan fingerprint density at radius 1 is 1.41 bits per heavy atom. The molecule has 1 aliphatic rings. The molecule has 0 spiro atoms. The number of carbonyl (C=O) groups excluding carboxylic acids is 2. The molecule has 0 bridgehead atoms. The van der Waals surface area contributed by atoms with E-state index in [2.05, 4.69) is 21.2 Å². The number of hydrogen-bond donors (Lipinski definition) is 1. The van der Waals surface area contributed by atoms with Gasteiger partial charge >= 0.3 is 0 Å². The van der Waals surface area contributed by atoms with Crippen LogP contribution < -0.4 is 5.32 Å². The van der Waals surface area contributed by atoms with E-state index in [0.29, 0.717) is 0 Å². The number of likely N-dealkylation sites (N-methyl/N-ethyl adjacent to an activating group) is 1. The Morgan fingerprint density at radius 3 is 2.76 bits per heavy atom. The van der Waals surface area contributed by atoms with Gasteiger partial charge in [0, 0.05) is 11.5 Å². The summed E-state index contributed by atoms with van der Waals surface area (Å²) >= 11 is 3.37. The molecule has 0 aliphatic carbocycles. The lowest BCUT2D eigenvalue weighted by atomic mass is 9.89. The van der Waals surface area contributed by atoms with Gasteiger partial charge in [0.1, 0.15) is 5.54 Å². The van der Waals surface area contributed by atoms with E-state index in [-0.39, 0.29) is 18.4 Å². The number of halogens is 1. The van der Waals surface area contributed by atoms with Crippen LogP contribution in [-0.2, 0) is 15.1 Å².